The molecule has 0 saturated carbocycles. The van der Waals surface area contributed by atoms with Gasteiger partial charge in [0.2, 0.25) is 0 Å². The van der Waals surface area contributed by atoms with E-state index < -0.39 is 0 Å². The second-order valence-corrected chi connectivity index (χ2v) is 2.14. The summed E-state index contributed by atoms with van der Waals surface area (Å²) in [5, 5.41) is 1.64. The van der Waals surface area contributed by atoms with Crippen LogP contribution in [0.2, 0.25) is 0 Å². The predicted molar refractivity (Wildman–Crippen MR) is 39.6 cm³/mol. The van der Waals surface area contributed by atoms with Gasteiger partial charge in [-0.25, -0.2) is 0 Å². The molecule has 0 aliphatic rings. The quantitative estimate of drug-likeness (QED) is 0.569. The third-order valence-corrected chi connectivity index (χ3v) is 0.967. The van der Waals surface area contributed by atoms with Gasteiger partial charge in [-0.15, -0.1) is 0 Å². The molecule has 0 bridgehead atoms. The average molecular weight is 136 g/mol. The highest BCUT2D eigenvalue weighted by Gasteiger charge is 1.90. The largest absolute Gasteiger partial charge is 0.407 e. The number of hydrogen-bond acceptors (Lipinski definition) is 2. The van der Waals surface area contributed by atoms with Gasteiger partial charge in [0.15, 0.2) is 0 Å². The fourth-order valence-electron chi connectivity index (χ4n) is 0.644. The molecule has 53 valence electrons. The minimum absolute atomic E-state index is 0.813. The van der Waals surface area contributed by atoms with Crippen LogP contribution >= 0.6 is 0 Å². The summed E-state index contributed by atoms with van der Waals surface area (Å²) >= 11 is 0. The monoisotopic (exact) mass is 136 g/mol. The lowest BCUT2D eigenvalue weighted by Gasteiger charge is -2.10. The lowest BCUT2D eigenvalue weighted by molar-refractivity contribution is -0.00327. The van der Waals surface area contributed by atoms with Gasteiger partial charge in [0.05, 0.1) is 0 Å². The summed E-state index contributed by atoms with van der Waals surface area (Å²) in [7, 11) is 3.68. The van der Waals surface area contributed by atoms with Crippen molar-refractivity contribution in [2.45, 2.75) is 0 Å². The van der Waals surface area contributed by atoms with Crippen LogP contribution in [0.25, 0.3) is 0 Å². The van der Waals surface area contributed by atoms with E-state index in [1.165, 1.54) is 0 Å². The zero-order valence-electron chi connectivity index (χ0n) is 6.16. The van der Waals surface area contributed by atoms with Gasteiger partial charge in [-0.3, -0.25) is 0 Å². The van der Waals surface area contributed by atoms with Crippen molar-refractivity contribution in [2.24, 2.45) is 0 Å². The highest BCUT2D eigenvalue weighted by molar-refractivity contribution is 5.19. The third-order valence-electron chi connectivity index (χ3n) is 0.967. The molecule has 2 nitrogen and oxygen atoms in total. The zero-order chi connectivity index (χ0) is 7.40. The maximum atomic E-state index is 5.22. The minimum Gasteiger partial charge on any atom is -0.407 e. The van der Waals surface area contributed by atoms with E-state index in [2.05, 4.69) is 6.07 Å². The lowest BCUT2D eigenvalue weighted by atomic mass is 10.3. The minimum atomic E-state index is 0.813. The summed E-state index contributed by atoms with van der Waals surface area (Å²) in [5.41, 5.74) is 0. The Kier molecular flexibility index (Phi) is 2.29. The van der Waals surface area contributed by atoms with Crippen molar-refractivity contribution in [3.63, 3.8) is 0 Å². The Balaban J connectivity index is 2.59. The first-order valence-corrected chi connectivity index (χ1v) is 3.10. The first-order chi connectivity index (χ1) is 4.79. The SMILES string of the molecule is CN(C)Oc1c[c]ccc1. The number of nitrogens with zero attached hydrogens (tertiary/aromatic N) is 1. The molecule has 0 aliphatic carbocycles. The van der Waals surface area contributed by atoms with Gasteiger partial charge in [-0.05, 0) is 18.2 Å². The van der Waals surface area contributed by atoms with Gasteiger partial charge < -0.3 is 4.84 Å². The average Bonchev–Trinajstić information content (AvgIpc) is 1.88. The number of benzene rings is 1. The van der Waals surface area contributed by atoms with Gasteiger partial charge >= 0.3 is 0 Å². The van der Waals surface area contributed by atoms with Gasteiger partial charge in [-0.1, -0.05) is 12.1 Å². The van der Waals surface area contributed by atoms with E-state index in [0.717, 1.165) is 5.75 Å². The van der Waals surface area contributed by atoms with Crippen molar-refractivity contribution in [1.29, 1.82) is 0 Å². The van der Waals surface area contributed by atoms with Crippen LogP contribution in [0.5, 0.6) is 5.75 Å². The van der Waals surface area contributed by atoms with Crippen LogP contribution in [-0.2, 0) is 0 Å². The molecule has 0 atom stereocenters. The molecule has 1 aromatic rings. The summed E-state index contributed by atoms with van der Waals surface area (Å²) in [5.74, 6) is 0.813. The maximum Gasteiger partial charge on any atom is 0.148 e. The van der Waals surface area contributed by atoms with Crippen LogP contribution in [0.15, 0.2) is 24.3 Å². The maximum absolute atomic E-state index is 5.22. The van der Waals surface area contributed by atoms with E-state index in [4.69, 9.17) is 4.84 Å². The summed E-state index contributed by atoms with van der Waals surface area (Å²) in [4.78, 5) is 5.22. The number of hydrogen-bond donors (Lipinski definition) is 0. The molecular formula is C8H10NO. The van der Waals surface area contributed by atoms with E-state index >= 15 is 0 Å². The van der Waals surface area contributed by atoms with Crippen molar-refractivity contribution in [1.82, 2.24) is 5.06 Å². The summed E-state index contributed by atoms with van der Waals surface area (Å²) < 4.78 is 0. The van der Waals surface area contributed by atoms with Gasteiger partial charge in [0, 0.05) is 14.1 Å². The fraction of sp³-hybridized carbons (Fsp3) is 0.250. The first kappa shape index (κ1) is 7.09. The second-order valence-electron chi connectivity index (χ2n) is 2.14. The Hall–Kier alpha value is -1.02. The van der Waals surface area contributed by atoms with Crippen LogP contribution < -0.4 is 4.84 Å². The predicted octanol–water partition coefficient (Wildman–Crippen LogP) is 1.34. The van der Waals surface area contributed by atoms with E-state index in [0.29, 0.717) is 0 Å². The fourth-order valence-corrected chi connectivity index (χ4v) is 0.644. The standard InChI is InChI=1S/C8H10NO/c1-9(2)10-8-6-4-3-5-7-8/h3-4,6-7H,1-2H3. The van der Waals surface area contributed by atoms with Crippen LogP contribution in [0.3, 0.4) is 0 Å². The smallest absolute Gasteiger partial charge is 0.148 e. The number of hydroxylamine groups is 2. The highest BCUT2D eigenvalue weighted by atomic mass is 16.7. The summed E-state index contributed by atoms with van der Waals surface area (Å²) in [6, 6.07) is 10.3. The molecule has 0 N–H and O–H groups in total. The van der Waals surface area contributed by atoms with Crippen molar-refractivity contribution >= 4 is 0 Å². The molecule has 0 fully saturated rings. The zero-order valence-corrected chi connectivity index (χ0v) is 6.16. The molecule has 1 rings (SSSR count). The third kappa shape index (κ3) is 2.07. The highest BCUT2D eigenvalue weighted by Crippen LogP contribution is 2.07. The van der Waals surface area contributed by atoms with E-state index in [1.807, 2.05) is 32.3 Å². The molecule has 0 saturated heterocycles. The Morgan fingerprint density at radius 2 is 2.30 bits per heavy atom. The second kappa shape index (κ2) is 3.22. The van der Waals surface area contributed by atoms with E-state index in [1.54, 1.807) is 11.1 Å². The Bertz CT molecular complexity index is 184. The van der Waals surface area contributed by atoms with Gasteiger partial charge in [0.25, 0.3) is 0 Å². The molecule has 1 radical (unpaired) electrons. The Morgan fingerprint density at radius 3 is 2.80 bits per heavy atom. The van der Waals surface area contributed by atoms with Crippen LogP contribution in [0.4, 0.5) is 0 Å². The van der Waals surface area contributed by atoms with Crippen molar-refractivity contribution in [3.05, 3.63) is 30.3 Å². The molecule has 0 spiro atoms. The van der Waals surface area contributed by atoms with E-state index in [-0.39, 0.29) is 0 Å². The topological polar surface area (TPSA) is 12.5 Å². The van der Waals surface area contributed by atoms with Crippen LogP contribution in [-0.4, -0.2) is 19.2 Å². The molecule has 10 heavy (non-hydrogen) atoms. The van der Waals surface area contributed by atoms with E-state index in [9.17, 15) is 0 Å². The molecular weight excluding hydrogens is 126 g/mol. The summed E-state index contributed by atoms with van der Waals surface area (Å²) in [6.07, 6.45) is 0. The van der Waals surface area contributed by atoms with Crippen molar-refractivity contribution in [2.75, 3.05) is 14.1 Å². The molecule has 0 aliphatic heterocycles. The molecule has 0 amide bonds. The Morgan fingerprint density at radius 1 is 1.50 bits per heavy atom. The van der Waals surface area contributed by atoms with Crippen LogP contribution in [0, 0.1) is 6.07 Å². The normalized spacial score (nSPS) is 9.90. The summed E-state index contributed by atoms with van der Waals surface area (Å²) in [6.45, 7) is 0. The molecule has 2 heteroatoms. The van der Waals surface area contributed by atoms with Crippen molar-refractivity contribution in [3.8, 4) is 5.75 Å². The molecule has 0 aromatic heterocycles. The number of rotatable bonds is 2. The lowest BCUT2D eigenvalue weighted by Crippen LogP contribution is -2.15. The molecule has 0 unspecified atom stereocenters. The van der Waals surface area contributed by atoms with Crippen LogP contribution in [0.1, 0.15) is 0 Å². The van der Waals surface area contributed by atoms with Crippen molar-refractivity contribution < 1.29 is 4.84 Å². The van der Waals surface area contributed by atoms with Gasteiger partial charge in [-0.2, -0.15) is 5.06 Å². The Labute approximate surface area is 61.0 Å². The molecule has 0 heterocycles. The van der Waals surface area contributed by atoms with Gasteiger partial charge in [0.1, 0.15) is 5.75 Å². The molecule has 1 aromatic carbocycles. The first-order valence-electron chi connectivity index (χ1n) is 3.10.